The summed E-state index contributed by atoms with van der Waals surface area (Å²) in [5.41, 5.74) is 11.8. The van der Waals surface area contributed by atoms with Crippen LogP contribution in [0.1, 0.15) is 87.3 Å². The van der Waals surface area contributed by atoms with Gasteiger partial charge in [0.1, 0.15) is 41.7 Å². The van der Waals surface area contributed by atoms with E-state index in [2.05, 4.69) is 16.0 Å². The van der Waals surface area contributed by atoms with Crippen molar-refractivity contribution < 1.29 is 38.2 Å². The Hall–Kier alpha value is -7.38. The van der Waals surface area contributed by atoms with Gasteiger partial charge in [0.05, 0.1) is 11.2 Å². The van der Waals surface area contributed by atoms with Crippen molar-refractivity contribution in [2.24, 2.45) is 5.73 Å². The molecule has 12 nitrogen and oxygen atoms in total. The van der Waals surface area contributed by atoms with Gasteiger partial charge < -0.3 is 35.9 Å². The number of carbonyl (C=O) groups is 5. The van der Waals surface area contributed by atoms with Crippen LogP contribution in [-0.2, 0) is 39.8 Å². The molecule has 368 valence electrons. The van der Waals surface area contributed by atoms with E-state index in [-0.39, 0.29) is 24.7 Å². The summed E-state index contributed by atoms with van der Waals surface area (Å²) in [5, 5.41) is 8.45. The smallest absolute Gasteiger partial charge is 0.407 e. The van der Waals surface area contributed by atoms with Crippen molar-refractivity contribution in [1.82, 2.24) is 16.0 Å². The molecule has 7 rings (SSSR count). The largest absolute Gasteiger partial charge is 0.488 e. The Morgan fingerprint density at radius 2 is 1.03 bits per heavy atom. The van der Waals surface area contributed by atoms with Crippen LogP contribution in [0.3, 0.4) is 0 Å². The summed E-state index contributed by atoms with van der Waals surface area (Å²) in [4.78, 5) is 69.8. The first kappa shape index (κ1) is 51.5. The van der Waals surface area contributed by atoms with Crippen LogP contribution in [0.2, 0.25) is 0 Å². The molecular formula is C58H62N4O8S. The zero-order valence-electron chi connectivity index (χ0n) is 41.0. The lowest BCUT2D eigenvalue weighted by atomic mass is 9.84. The monoisotopic (exact) mass is 974 g/mol. The molecule has 13 heteroatoms. The van der Waals surface area contributed by atoms with Crippen LogP contribution in [0.5, 0.6) is 5.75 Å². The van der Waals surface area contributed by atoms with E-state index in [0.717, 1.165) is 38.9 Å². The van der Waals surface area contributed by atoms with E-state index >= 15 is 0 Å². The average molecular weight is 975 g/mol. The topological polar surface area (TPSA) is 175 Å². The molecule has 0 heterocycles. The van der Waals surface area contributed by atoms with Gasteiger partial charge in [-0.2, -0.15) is 0 Å². The summed E-state index contributed by atoms with van der Waals surface area (Å²) in [6.07, 6.45) is -1.40. The minimum absolute atomic E-state index is 0.00116. The van der Waals surface area contributed by atoms with Crippen LogP contribution in [0.4, 0.5) is 4.79 Å². The molecule has 0 aromatic heterocycles. The van der Waals surface area contributed by atoms with Crippen LogP contribution in [0.15, 0.2) is 164 Å². The Morgan fingerprint density at radius 3 is 1.51 bits per heavy atom. The minimum atomic E-state index is -1.48. The molecule has 1 aliphatic carbocycles. The third kappa shape index (κ3) is 13.3. The number of hydrogen-bond acceptors (Lipinski definition) is 9. The van der Waals surface area contributed by atoms with Crippen molar-refractivity contribution in [3.05, 3.63) is 197 Å². The molecule has 0 unspecified atom stereocenters. The molecule has 1 aliphatic rings. The van der Waals surface area contributed by atoms with Crippen molar-refractivity contribution in [2.75, 3.05) is 12.4 Å². The molecule has 71 heavy (non-hydrogen) atoms. The van der Waals surface area contributed by atoms with Crippen LogP contribution in [0, 0.1) is 0 Å². The standard InChI is InChI=1S/C58H62N4O8S/c1-56(2,3)69-42-32-30-38(31-33-42)34-48(62-55(67)68-36-47-45-28-18-16-26-43(45)44-27-17-19-29-46(44)47)52(64)61-50(53(65)60-49(35-51(59)63)54(66)70-57(4,5)6)37-71-58(39-20-10-7-11-21-39,40-22-12-8-13-23-40)41-24-14-9-15-25-41/h7-33,47-50H,34-37H2,1-6H3,(H2,59,63)(H,60,65)(H,61,64)(H,62,67)/t48-,49-,50-/m0/s1. The molecule has 0 saturated heterocycles. The number of ether oxygens (including phenoxy) is 3. The number of alkyl carbamates (subject to hydrolysis) is 1. The highest BCUT2D eigenvalue weighted by Gasteiger charge is 2.40. The fourth-order valence-corrected chi connectivity index (χ4v) is 10.3. The molecule has 6 aromatic carbocycles. The second-order valence-electron chi connectivity index (χ2n) is 19.5. The number of rotatable bonds is 19. The highest BCUT2D eigenvalue weighted by Crippen LogP contribution is 2.49. The predicted octanol–water partition coefficient (Wildman–Crippen LogP) is 9.23. The lowest BCUT2D eigenvalue weighted by Gasteiger charge is -2.37. The summed E-state index contributed by atoms with van der Waals surface area (Å²) in [7, 11) is 0. The van der Waals surface area contributed by atoms with E-state index in [4.69, 9.17) is 19.9 Å². The Kier molecular flexibility index (Phi) is 16.4. The number of carbonyl (C=O) groups excluding carboxylic acids is 5. The SMILES string of the molecule is CC(C)(C)OC(=O)[C@H](CC(N)=O)NC(=O)[C@H](CSC(c1ccccc1)(c1ccccc1)c1ccccc1)NC(=O)[C@H](Cc1ccc(OC(C)(C)C)cc1)NC(=O)OCC1c2ccccc2-c2ccccc21. The molecule has 0 aliphatic heterocycles. The molecule has 3 atom stereocenters. The third-order valence-electron chi connectivity index (χ3n) is 11.8. The summed E-state index contributed by atoms with van der Waals surface area (Å²) in [6, 6.07) is 48.6. The van der Waals surface area contributed by atoms with Crippen molar-refractivity contribution in [2.45, 2.75) is 94.4 Å². The average Bonchev–Trinajstić information content (AvgIpc) is 3.66. The maximum Gasteiger partial charge on any atom is 0.407 e. The van der Waals surface area contributed by atoms with E-state index < -0.39 is 70.3 Å². The Balaban J connectivity index is 1.23. The number of esters is 1. The molecule has 0 bridgehead atoms. The molecule has 5 N–H and O–H groups in total. The molecule has 6 aromatic rings. The van der Waals surface area contributed by atoms with E-state index in [0.29, 0.717) is 11.3 Å². The van der Waals surface area contributed by atoms with Gasteiger partial charge in [0, 0.05) is 18.1 Å². The zero-order chi connectivity index (χ0) is 50.8. The molecule has 0 spiro atoms. The first-order valence-corrected chi connectivity index (χ1v) is 24.7. The normalized spacial score (nSPS) is 13.6. The highest BCUT2D eigenvalue weighted by molar-refractivity contribution is 8.00. The maximum absolute atomic E-state index is 15.0. The van der Waals surface area contributed by atoms with Gasteiger partial charge in [0.2, 0.25) is 17.7 Å². The first-order chi connectivity index (χ1) is 33.9. The van der Waals surface area contributed by atoms with Crippen molar-refractivity contribution in [1.29, 1.82) is 0 Å². The molecule has 0 radical (unpaired) electrons. The van der Waals surface area contributed by atoms with Crippen molar-refractivity contribution in [3.8, 4) is 16.9 Å². The number of primary amides is 1. The lowest BCUT2D eigenvalue weighted by molar-refractivity contribution is -0.159. The van der Waals surface area contributed by atoms with Gasteiger partial charge in [-0.1, -0.05) is 152 Å². The summed E-state index contributed by atoms with van der Waals surface area (Å²) < 4.78 is 16.7. The summed E-state index contributed by atoms with van der Waals surface area (Å²) >= 11 is 1.40. The zero-order valence-corrected chi connectivity index (χ0v) is 41.8. The fraction of sp³-hybridized carbons (Fsp3) is 0.293. The molecule has 0 saturated carbocycles. The number of fused-ring (bicyclic) bond motifs is 3. The van der Waals surface area contributed by atoms with E-state index in [9.17, 15) is 24.0 Å². The van der Waals surface area contributed by atoms with Crippen LogP contribution in [-0.4, -0.2) is 71.5 Å². The lowest BCUT2D eigenvalue weighted by Crippen LogP contribution is -2.58. The highest BCUT2D eigenvalue weighted by atomic mass is 32.2. The quantitative estimate of drug-likeness (QED) is 0.0456. The molecule has 4 amide bonds. The number of amides is 4. The number of benzene rings is 6. The van der Waals surface area contributed by atoms with Gasteiger partial charge in [0.25, 0.3) is 0 Å². The van der Waals surface area contributed by atoms with Gasteiger partial charge in [-0.25, -0.2) is 9.59 Å². The number of hydrogen-bond donors (Lipinski definition) is 4. The molecule has 0 fully saturated rings. The predicted molar refractivity (Wildman–Crippen MR) is 278 cm³/mol. The van der Waals surface area contributed by atoms with E-state index in [1.807, 2.05) is 172 Å². The van der Waals surface area contributed by atoms with Crippen molar-refractivity contribution >= 4 is 41.5 Å². The second-order valence-corrected chi connectivity index (χ2v) is 20.7. The van der Waals surface area contributed by atoms with Crippen molar-refractivity contribution in [3.63, 3.8) is 0 Å². The fourth-order valence-electron chi connectivity index (χ4n) is 8.75. The summed E-state index contributed by atoms with van der Waals surface area (Å²) in [5.74, 6) is -2.89. The van der Waals surface area contributed by atoms with Gasteiger partial charge >= 0.3 is 12.1 Å². The summed E-state index contributed by atoms with van der Waals surface area (Å²) in [6.45, 7) is 10.8. The minimum Gasteiger partial charge on any atom is -0.488 e. The Morgan fingerprint density at radius 1 is 0.563 bits per heavy atom. The van der Waals surface area contributed by atoms with Gasteiger partial charge in [-0.3, -0.25) is 14.4 Å². The third-order valence-corrected chi connectivity index (χ3v) is 13.4. The van der Waals surface area contributed by atoms with Gasteiger partial charge in [-0.15, -0.1) is 11.8 Å². The van der Waals surface area contributed by atoms with E-state index in [1.54, 1.807) is 32.9 Å². The van der Waals surface area contributed by atoms with Crippen LogP contribution >= 0.6 is 11.8 Å². The van der Waals surface area contributed by atoms with Crippen LogP contribution < -0.4 is 26.4 Å². The number of thioether (sulfide) groups is 1. The maximum atomic E-state index is 15.0. The Labute approximate surface area is 420 Å². The number of nitrogens with one attached hydrogen (secondary N) is 3. The van der Waals surface area contributed by atoms with E-state index in [1.165, 1.54) is 11.8 Å². The number of nitrogens with two attached hydrogens (primary N) is 1. The van der Waals surface area contributed by atoms with Gasteiger partial charge in [-0.05, 0) is 98.2 Å². The first-order valence-electron chi connectivity index (χ1n) is 23.7. The van der Waals surface area contributed by atoms with Crippen LogP contribution in [0.25, 0.3) is 11.1 Å². The molecular weight excluding hydrogens is 913 g/mol. The Bertz CT molecular complexity index is 2650. The van der Waals surface area contributed by atoms with Gasteiger partial charge in [0.15, 0.2) is 0 Å². The second kappa shape index (κ2) is 22.6.